The number of rotatable bonds is 3. The van der Waals surface area contributed by atoms with Gasteiger partial charge in [-0.15, -0.1) is 11.3 Å². The molecule has 0 aromatic carbocycles. The quantitative estimate of drug-likeness (QED) is 0.943. The smallest absolute Gasteiger partial charge is 0.225 e. The lowest BCUT2D eigenvalue weighted by Gasteiger charge is -2.30. The molecule has 2 atom stereocenters. The highest BCUT2D eigenvalue weighted by Crippen LogP contribution is 2.36. The van der Waals surface area contributed by atoms with E-state index in [1.807, 2.05) is 0 Å². The second kappa shape index (κ2) is 5.66. The van der Waals surface area contributed by atoms with E-state index in [0.29, 0.717) is 12.5 Å². The summed E-state index contributed by atoms with van der Waals surface area (Å²) >= 11 is 1.71. The van der Waals surface area contributed by atoms with Gasteiger partial charge >= 0.3 is 0 Å². The molecule has 2 aromatic rings. The third kappa shape index (κ3) is 2.40. The number of hydrogen-bond donors (Lipinski definition) is 1. The summed E-state index contributed by atoms with van der Waals surface area (Å²) < 4.78 is 6.24. The Bertz CT molecular complexity index is 610. The van der Waals surface area contributed by atoms with Crippen molar-refractivity contribution in [3.05, 3.63) is 16.8 Å². The first-order chi connectivity index (χ1) is 9.70. The number of fused-ring (bicyclic) bond motifs is 1. The Morgan fingerprint density at radius 3 is 2.90 bits per heavy atom. The normalized spacial score (nSPS) is 23.1. The molecule has 2 unspecified atom stereocenters. The molecular formula is C15H21N3OS. The van der Waals surface area contributed by atoms with Crippen LogP contribution in [-0.2, 0) is 0 Å². The number of aryl methyl sites for hydroxylation is 2. The molecule has 4 nitrogen and oxygen atoms in total. The summed E-state index contributed by atoms with van der Waals surface area (Å²) in [6.07, 6.45) is 6.53. The maximum Gasteiger partial charge on any atom is 0.225 e. The lowest BCUT2D eigenvalue weighted by molar-refractivity contribution is 0.0939. The number of ether oxygens (including phenoxy) is 1. The zero-order valence-corrected chi connectivity index (χ0v) is 12.9. The summed E-state index contributed by atoms with van der Waals surface area (Å²) in [6.45, 7) is 4.93. The fourth-order valence-corrected chi connectivity index (χ4v) is 3.97. The first-order valence-electron chi connectivity index (χ1n) is 7.28. The summed E-state index contributed by atoms with van der Waals surface area (Å²) in [5.41, 5.74) is 7.12. The summed E-state index contributed by atoms with van der Waals surface area (Å²) in [5.74, 6) is 1.19. The highest BCUT2D eigenvalue weighted by atomic mass is 32.1. The van der Waals surface area contributed by atoms with Gasteiger partial charge in [-0.2, -0.15) is 0 Å². The zero-order valence-electron chi connectivity index (χ0n) is 12.1. The van der Waals surface area contributed by atoms with E-state index in [0.717, 1.165) is 28.9 Å². The van der Waals surface area contributed by atoms with Crippen LogP contribution in [0.25, 0.3) is 10.2 Å². The molecule has 0 bridgehead atoms. The minimum atomic E-state index is 0.200. The fraction of sp³-hybridized carbons (Fsp3) is 0.600. The second-order valence-corrected chi connectivity index (χ2v) is 6.78. The van der Waals surface area contributed by atoms with Gasteiger partial charge in [0, 0.05) is 10.8 Å². The number of nitrogens with zero attached hydrogens (tertiary/aromatic N) is 2. The average Bonchev–Trinajstić information content (AvgIpc) is 2.76. The first kappa shape index (κ1) is 13.8. The van der Waals surface area contributed by atoms with E-state index in [2.05, 4.69) is 23.8 Å². The van der Waals surface area contributed by atoms with Crippen LogP contribution in [0.5, 0.6) is 5.88 Å². The molecule has 2 N–H and O–H groups in total. The van der Waals surface area contributed by atoms with Gasteiger partial charge in [0.15, 0.2) is 0 Å². The molecule has 5 heteroatoms. The maximum absolute atomic E-state index is 6.24. The molecule has 1 saturated carbocycles. The Morgan fingerprint density at radius 2 is 2.10 bits per heavy atom. The highest BCUT2D eigenvalue weighted by Gasteiger charge is 2.27. The molecule has 2 aromatic heterocycles. The molecule has 2 heterocycles. The highest BCUT2D eigenvalue weighted by molar-refractivity contribution is 7.18. The Hall–Kier alpha value is -1.20. The van der Waals surface area contributed by atoms with Crippen molar-refractivity contribution in [1.82, 2.24) is 9.97 Å². The van der Waals surface area contributed by atoms with Crippen LogP contribution in [0.15, 0.2) is 6.33 Å². The Balaban J connectivity index is 1.94. The molecular weight excluding hydrogens is 270 g/mol. The third-order valence-electron chi connectivity index (χ3n) is 4.34. The van der Waals surface area contributed by atoms with Crippen LogP contribution in [0.2, 0.25) is 0 Å². The van der Waals surface area contributed by atoms with E-state index in [1.54, 1.807) is 17.7 Å². The lowest BCUT2D eigenvalue weighted by Crippen LogP contribution is -2.35. The van der Waals surface area contributed by atoms with Gasteiger partial charge < -0.3 is 10.5 Å². The first-order valence-corrected chi connectivity index (χ1v) is 8.09. The van der Waals surface area contributed by atoms with Gasteiger partial charge in [0.1, 0.15) is 17.3 Å². The van der Waals surface area contributed by atoms with Crippen molar-refractivity contribution in [2.24, 2.45) is 11.7 Å². The molecule has 108 valence electrons. The van der Waals surface area contributed by atoms with Crippen LogP contribution < -0.4 is 10.5 Å². The van der Waals surface area contributed by atoms with Crippen molar-refractivity contribution in [2.75, 3.05) is 6.54 Å². The van der Waals surface area contributed by atoms with Crippen molar-refractivity contribution in [3.63, 3.8) is 0 Å². The Kier molecular flexibility index (Phi) is 3.89. The van der Waals surface area contributed by atoms with Crippen LogP contribution in [0.3, 0.4) is 0 Å². The monoisotopic (exact) mass is 291 g/mol. The van der Waals surface area contributed by atoms with Gasteiger partial charge in [0.25, 0.3) is 0 Å². The van der Waals surface area contributed by atoms with Crippen molar-refractivity contribution in [3.8, 4) is 5.88 Å². The minimum Gasteiger partial charge on any atom is -0.473 e. The summed E-state index contributed by atoms with van der Waals surface area (Å²) in [7, 11) is 0. The third-order valence-corrected chi connectivity index (χ3v) is 5.45. The van der Waals surface area contributed by atoms with Gasteiger partial charge in [-0.25, -0.2) is 9.97 Å². The summed E-state index contributed by atoms with van der Waals surface area (Å²) in [6, 6.07) is 0. The van der Waals surface area contributed by atoms with E-state index in [9.17, 15) is 0 Å². The molecule has 0 spiro atoms. The van der Waals surface area contributed by atoms with Gasteiger partial charge in [0.2, 0.25) is 5.88 Å². The van der Waals surface area contributed by atoms with Crippen LogP contribution in [0, 0.1) is 19.8 Å². The SMILES string of the molecule is Cc1sc2ncnc(OC3CCCCC3CN)c2c1C. The van der Waals surface area contributed by atoms with E-state index < -0.39 is 0 Å². The molecule has 1 aliphatic carbocycles. The van der Waals surface area contributed by atoms with Gasteiger partial charge in [-0.05, 0) is 45.2 Å². The number of aromatic nitrogens is 2. The minimum absolute atomic E-state index is 0.200. The van der Waals surface area contributed by atoms with Gasteiger partial charge in [-0.1, -0.05) is 6.42 Å². The van der Waals surface area contributed by atoms with E-state index >= 15 is 0 Å². The molecule has 0 saturated heterocycles. The van der Waals surface area contributed by atoms with E-state index in [-0.39, 0.29) is 6.10 Å². The van der Waals surface area contributed by atoms with Crippen LogP contribution >= 0.6 is 11.3 Å². The largest absolute Gasteiger partial charge is 0.473 e. The standard InChI is InChI=1S/C15H21N3OS/c1-9-10(2)20-15-13(9)14(17-8-18-15)19-12-6-4-3-5-11(12)7-16/h8,11-12H,3-7,16H2,1-2H3. The topological polar surface area (TPSA) is 61.0 Å². The molecule has 0 amide bonds. The molecule has 20 heavy (non-hydrogen) atoms. The van der Waals surface area contributed by atoms with Crippen molar-refractivity contribution in [1.29, 1.82) is 0 Å². The Morgan fingerprint density at radius 1 is 1.30 bits per heavy atom. The molecule has 1 fully saturated rings. The fourth-order valence-electron chi connectivity index (χ4n) is 2.98. The van der Waals surface area contributed by atoms with E-state index in [1.165, 1.54) is 23.3 Å². The predicted molar refractivity (Wildman–Crippen MR) is 82.3 cm³/mol. The maximum atomic E-state index is 6.24. The van der Waals surface area contributed by atoms with Crippen LogP contribution in [0.4, 0.5) is 0 Å². The summed E-state index contributed by atoms with van der Waals surface area (Å²) in [5, 5.41) is 1.08. The number of nitrogens with two attached hydrogens (primary N) is 1. The molecule has 3 rings (SSSR count). The second-order valence-electron chi connectivity index (χ2n) is 5.58. The molecule has 0 radical (unpaired) electrons. The van der Waals surface area contributed by atoms with Gasteiger partial charge in [-0.3, -0.25) is 0 Å². The van der Waals surface area contributed by atoms with Crippen molar-refractivity contribution >= 4 is 21.6 Å². The zero-order chi connectivity index (χ0) is 14.1. The van der Waals surface area contributed by atoms with E-state index in [4.69, 9.17) is 10.5 Å². The molecule has 0 aliphatic heterocycles. The van der Waals surface area contributed by atoms with Crippen LogP contribution in [-0.4, -0.2) is 22.6 Å². The number of thiophene rings is 1. The lowest BCUT2D eigenvalue weighted by atomic mass is 9.86. The Labute approximate surface area is 123 Å². The number of hydrogen-bond acceptors (Lipinski definition) is 5. The average molecular weight is 291 g/mol. The summed E-state index contributed by atoms with van der Waals surface area (Å²) in [4.78, 5) is 11.0. The van der Waals surface area contributed by atoms with Crippen LogP contribution in [0.1, 0.15) is 36.1 Å². The predicted octanol–water partition coefficient (Wildman–Crippen LogP) is 3.20. The molecule has 1 aliphatic rings. The van der Waals surface area contributed by atoms with Crippen molar-refractivity contribution < 1.29 is 4.74 Å². The van der Waals surface area contributed by atoms with Gasteiger partial charge in [0.05, 0.1) is 5.39 Å². The van der Waals surface area contributed by atoms with Crippen molar-refractivity contribution in [2.45, 2.75) is 45.6 Å².